The third kappa shape index (κ3) is 3.49. The summed E-state index contributed by atoms with van der Waals surface area (Å²) >= 11 is 0. The van der Waals surface area contributed by atoms with Gasteiger partial charge in [-0.1, -0.05) is 6.92 Å². The fraction of sp³-hybridized carbons (Fsp3) is 0.857. The van der Waals surface area contributed by atoms with Gasteiger partial charge in [-0.25, -0.2) is 0 Å². The van der Waals surface area contributed by atoms with Crippen LogP contribution in [0.15, 0.2) is 0 Å². The van der Waals surface area contributed by atoms with E-state index in [1.165, 1.54) is 0 Å². The average molecular weight is 284 g/mol. The van der Waals surface area contributed by atoms with Gasteiger partial charge in [0, 0.05) is 19.0 Å². The molecule has 114 valence electrons. The van der Waals surface area contributed by atoms with Crippen LogP contribution in [0.5, 0.6) is 0 Å². The van der Waals surface area contributed by atoms with Crippen molar-refractivity contribution < 1.29 is 19.4 Å². The van der Waals surface area contributed by atoms with E-state index in [1.807, 2.05) is 6.92 Å². The van der Waals surface area contributed by atoms with Gasteiger partial charge >= 0.3 is 5.97 Å². The van der Waals surface area contributed by atoms with Crippen LogP contribution in [-0.2, 0) is 14.3 Å². The van der Waals surface area contributed by atoms with Gasteiger partial charge in [0.1, 0.15) is 5.92 Å². The van der Waals surface area contributed by atoms with Crippen molar-refractivity contribution in [1.29, 1.82) is 0 Å². The Morgan fingerprint density at radius 2 is 2.10 bits per heavy atom. The Morgan fingerprint density at radius 3 is 2.65 bits per heavy atom. The number of amides is 1. The van der Waals surface area contributed by atoms with Gasteiger partial charge in [-0.05, 0) is 25.2 Å². The second-order valence-electron chi connectivity index (χ2n) is 5.84. The van der Waals surface area contributed by atoms with E-state index in [0.29, 0.717) is 25.5 Å². The standard InChI is InChI=1S/C14H24N2O4/c1-2-5-16(12-8-20-7-10(12)14(18)19)13(17)6-11(15)9-3-4-9/h9-12H,2-8,15H2,1H3,(H,18,19). The summed E-state index contributed by atoms with van der Waals surface area (Å²) in [5.74, 6) is -1.08. The number of carboxylic acid groups (broad SMARTS) is 1. The molecule has 0 aromatic rings. The first-order valence-electron chi connectivity index (χ1n) is 7.40. The summed E-state index contributed by atoms with van der Waals surface area (Å²) in [5.41, 5.74) is 6.01. The highest BCUT2D eigenvalue weighted by Crippen LogP contribution is 2.33. The van der Waals surface area contributed by atoms with Crippen LogP contribution in [0.4, 0.5) is 0 Å². The average Bonchev–Trinajstić information content (AvgIpc) is 3.13. The summed E-state index contributed by atoms with van der Waals surface area (Å²) in [4.78, 5) is 25.3. The lowest BCUT2D eigenvalue weighted by molar-refractivity contribution is -0.145. The number of carboxylic acids is 1. The Bertz CT molecular complexity index is 370. The lowest BCUT2D eigenvalue weighted by atomic mass is 10.0. The number of carbonyl (C=O) groups excluding carboxylic acids is 1. The fourth-order valence-corrected chi connectivity index (χ4v) is 2.81. The van der Waals surface area contributed by atoms with Gasteiger partial charge in [0.2, 0.25) is 5.91 Å². The van der Waals surface area contributed by atoms with Crippen LogP contribution in [0.3, 0.4) is 0 Å². The summed E-state index contributed by atoms with van der Waals surface area (Å²) in [6, 6.07) is -0.446. The third-order valence-corrected chi connectivity index (χ3v) is 4.19. The van der Waals surface area contributed by atoms with Crippen LogP contribution < -0.4 is 5.73 Å². The van der Waals surface area contributed by atoms with Crippen molar-refractivity contribution in [2.24, 2.45) is 17.6 Å². The molecule has 0 aromatic carbocycles. The van der Waals surface area contributed by atoms with E-state index < -0.39 is 11.9 Å². The molecule has 1 saturated carbocycles. The maximum atomic E-state index is 12.4. The van der Waals surface area contributed by atoms with Crippen molar-refractivity contribution in [3.8, 4) is 0 Å². The van der Waals surface area contributed by atoms with E-state index in [-0.39, 0.29) is 24.6 Å². The maximum Gasteiger partial charge on any atom is 0.311 e. The van der Waals surface area contributed by atoms with Crippen LogP contribution in [0.1, 0.15) is 32.6 Å². The zero-order chi connectivity index (χ0) is 14.7. The molecule has 1 saturated heterocycles. The first-order chi connectivity index (χ1) is 9.54. The molecular weight excluding hydrogens is 260 g/mol. The quantitative estimate of drug-likeness (QED) is 0.708. The minimum Gasteiger partial charge on any atom is -0.481 e. The number of hydrogen-bond donors (Lipinski definition) is 2. The lowest BCUT2D eigenvalue weighted by Crippen LogP contribution is -2.48. The molecule has 6 heteroatoms. The summed E-state index contributed by atoms with van der Waals surface area (Å²) < 4.78 is 5.27. The second kappa shape index (κ2) is 6.54. The molecule has 1 aliphatic heterocycles. The lowest BCUT2D eigenvalue weighted by Gasteiger charge is -2.31. The fourth-order valence-electron chi connectivity index (χ4n) is 2.81. The summed E-state index contributed by atoms with van der Waals surface area (Å²) in [6.07, 6.45) is 3.32. The number of rotatable bonds is 7. The molecule has 1 amide bonds. The molecular formula is C14H24N2O4. The van der Waals surface area contributed by atoms with E-state index in [4.69, 9.17) is 10.5 Å². The molecule has 1 heterocycles. The van der Waals surface area contributed by atoms with Crippen LogP contribution in [0, 0.1) is 11.8 Å². The molecule has 6 nitrogen and oxygen atoms in total. The molecule has 2 aliphatic rings. The van der Waals surface area contributed by atoms with E-state index in [0.717, 1.165) is 19.3 Å². The molecule has 2 fully saturated rings. The van der Waals surface area contributed by atoms with Crippen molar-refractivity contribution in [3.05, 3.63) is 0 Å². The number of ether oxygens (including phenoxy) is 1. The van der Waals surface area contributed by atoms with E-state index in [1.54, 1.807) is 4.90 Å². The number of nitrogens with two attached hydrogens (primary N) is 1. The minimum atomic E-state index is -0.895. The maximum absolute atomic E-state index is 12.4. The number of hydrogen-bond acceptors (Lipinski definition) is 4. The predicted molar refractivity (Wildman–Crippen MR) is 73.1 cm³/mol. The minimum absolute atomic E-state index is 0.0343. The van der Waals surface area contributed by atoms with Crippen molar-refractivity contribution in [3.63, 3.8) is 0 Å². The highest BCUT2D eigenvalue weighted by molar-refractivity contribution is 5.79. The second-order valence-corrected chi connectivity index (χ2v) is 5.84. The molecule has 0 radical (unpaired) electrons. The van der Waals surface area contributed by atoms with Gasteiger partial charge < -0.3 is 20.5 Å². The molecule has 0 aromatic heterocycles. The van der Waals surface area contributed by atoms with Crippen LogP contribution in [0.2, 0.25) is 0 Å². The highest BCUT2D eigenvalue weighted by Gasteiger charge is 2.40. The number of nitrogens with zero attached hydrogens (tertiary/aromatic N) is 1. The van der Waals surface area contributed by atoms with Crippen LogP contribution in [0.25, 0.3) is 0 Å². The molecule has 2 rings (SSSR count). The Balaban J connectivity index is 2.00. The van der Waals surface area contributed by atoms with Gasteiger partial charge in [0.25, 0.3) is 0 Å². The van der Waals surface area contributed by atoms with Gasteiger partial charge in [-0.15, -0.1) is 0 Å². The summed E-state index contributed by atoms with van der Waals surface area (Å²) in [5, 5.41) is 9.22. The smallest absolute Gasteiger partial charge is 0.311 e. The largest absolute Gasteiger partial charge is 0.481 e. The Hall–Kier alpha value is -1.14. The van der Waals surface area contributed by atoms with E-state index in [9.17, 15) is 14.7 Å². The van der Waals surface area contributed by atoms with Crippen molar-refractivity contribution in [2.45, 2.75) is 44.7 Å². The van der Waals surface area contributed by atoms with Crippen LogP contribution >= 0.6 is 0 Å². The van der Waals surface area contributed by atoms with Crippen molar-refractivity contribution >= 4 is 11.9 Å². The van der Waals surface area contributed by atoms with E-state index in [2.05, 4.69) is 0 Å². The molecule has 1 aliphatic carbocycles. The molecule has 3 N–H and O–H groups in total. The molecule has 3 atom stereocenters. The highest BCUT2D eigenvalue weighted by atomic mass is 16.5. The van der Waals surface area contributed by atoms with Gasteiger partial charge in [0.05, 0.1) is 19.3 Å². The van der Waals surface area contributed by atoms with Gasteiger partial charge in [-0.2, -0.15) is 0 Å². The summed E-state index contributed by atoms with van der Waals surface area (Å²) in [7, 11) is 0. The molecule has 0 bridgehead atoms. The molecule has 0 spiro atoms. The zero-order valence-electron chi connectivity index (χ0n) is 12.0. The monoisotopic (exact) mass is 284 g/mol. The van der Waals surface area contributed by atoms with E-state index >= 15 is 0 Å². The Morgan fingerprint density at radius 1 is 1.40 bits per heavy atom. The SMILES string of the molecule is CCCN(C(=O)CC(N)C1CC1)C1COCC1C(=O)O. The first kappa shape index (κ1) is 15.3. The zero-order valence-corrected chi connectivity index (χ0v) is 12.0. The van der Waals surface area contributed by atoms with Crippen LogP contribution in [-0.4, -0.2) is 53.7 Å². The number of carbonyl (C=O) groups is 2. The molecule has 3 unspecified atom stereocenters. The Labute approximate surface area is 119 Å². The van der Waals surface area contributed by atoms with Gasteiger partial charge in [-0.3, -0.25) is 9.59 Å². The predicted octanol–water partition coefficient (Wildman–Crippen LogP) is 0.452. The first-order valence-corrected chi connectivity index (χ1v) is 7.40. The van der Waals surface area contributed by atoms with Crippen molar-refractivity contribution in [1.82, 2.24) is 4.90 Å². The molecule has 20 heavy (non-hydrogen) atoms. The van der Waals surface area contributed by atoms with Crippen molar-refractivity contribution in [2.75, 3.05) is 19.8 Å². The Kier molecular flexibility index (Phi) is 4.99. The summed E-state index contributed by atoms with van der Waals surface area (Å²) in [6.45, 7) is 3.03. The third-order valence-electron chi connectivity index (χ3n) is 4.19. The normalized spacial score (nSPS) is 27.3. The number of aliphatic carboxylic acids is 1. The van der Waals surface area contributed by atoms with Gasteiger partial charge in [0.15, 0.2) is 0 Å². The topological polar surface area (TPSA) is 92.9 Å².